The lowest BCUT2D eigenvalue weighted by atomic mass is 10.00. The van der Waals surface area contributed by atoms with Crippen molar-refractivity contribution in [2.24, 2.45) is 10.7 Å². The van der Waals surface area contributed by atoms with Crippen molar-refractivity contribution in [1.29, 1.82) is 0 Å². The predicted molar refractivity (Wildman–Crippen MR) is 90.1 cm³/mol. The minimum absolute atomic E-state index is 0.223. The molecule has 2 atom stereocenters. The first-order valence-electron chi connectivity index (χ1n) is 6.75. The number of benzene rings is 1. The number of thioether (sulfide) groups is 1. The van der Waals surface area contributed by atoms with E-state index in [0.717, 1.165) is 12.8 Å². The van der Waals surface area contributed by atoms with Gasteiger partial charge in [0.1, 0.15) is 5.82 Å². The zero-order valence-corrected chi connectivity index (χ0v) is 13.7. The lowest BCUT2D eigenvalue weighted by Gasteiger charge is -2.23. The number of hydrogen-bond donors (Lipinski definition) is 1. The summed E-state index contributed by atoms with van der Waals surface area (Å²) in [5.74, 6) is 2.23. The van der Waals surface area contributed by atoms with Gasteiger partial charge in [-0.05, 0) is 24.6 Å². The summed E-state index contributed by atoms with van der Waals surface area (Å²) in [5.41, 5.74) is 6.93. The summed E-state index contributed by atoms with van der Waals surface area (Å²) in [6, 6.07) is 4.44. The molecular weight excluding hydrogens is 301 g/mol. The van der Waals surface area contributed by atoms with Crippen LogP contribution >= 0.6 is 11.8 Å². The van der Waals surface area contributed by atoms with Crippen LogP contribution in [0, 0.1) is 18.2 Å². The number of carbonyl (C=O) groups is 1. The second-order valence-corrected chi connectivity index (χ2v) is 6.56. The Hall–Kier alpha value is -2.00. The fourth-order valence-corrected chi connectivity index (χ4v) is 2.77. The molecule has 0 fully saturated rings. The van der Waals surface area contributed by atoms with Crippen molar-refractivity contribution in [3.63, 3.8) is 0 Å². The van der Waals surface area contributed by atoms with Crippen LogP contribution in [0.1, 0.15) is 30.5 Å². The van der Waals surface area contributed by atoms with E-state index in [1.807, 2.05) is 0 Å². The smallest absolute Gasteiger partial charge is 0.209 e. The summed E-state index contributed by atoms with van der Waals surface area (Å²) < 4.78 is 13.8. The summed E-state index contributed by atoms with van der Waals surface area (Å²) in [5, 5.41) is 0.852. The Morgan fingerprint density at radius 2 is 2.18 bits per heavy atom. The van der Waals surface area contributed by atoms with E-state index in [0.29, 0.717) is 21.5 Å². The molecule has 0 saturated carbocycles. The normalized spacial score (nSPS) is 20.0. The average Bonchev–Trinajstić information content (AvgIpc) is 2.47. The molecule has 2 N–H and O–H groups in total. The molecule has 1 aromatic rings. The van der Waals surface area contributed by atoms with Crippen molar-refractivity contribution in [2.45, 2.75) is 24.6 Å². The molecule has 2 unspecified atom stereocenters. The maximum absolute atomic E-state index is 13.8. The molecule has 0 aliphatic carbocycles. The number of aliphatic imine (C=N–C) groups is 1. The first kappa shape index (κ1) is 18.1. The zero-order valence-electron chi connectivity index (χ0n) is 12.9. The van der Waals surface area contributed by atoms with Crippen LogP contribution in [-0.2, 0) is 4.79 Å². The Morgan fingerprint density at radius 3 is 2.68 bits per heavy atom. The Morgan fingerprint density at radius 1 is 1.55 bits per heavy atom. The third kappa shape index (κ3) is 5.41. The maximum atomic E-state index is 13.8. The van der Waals surface area contributed by atoms with Gasteiger partial charge in [0.25, 0.3) is 0 Å². The van der Waals surface area contributed by atoms with Gasteiger partial charge in [-0.3, -0.25) is 9.79 Å². The number of nitrogens with two attached hydrogens (primary N) is 1. The number of amidine groups is 1. The lowest BCUT2D eigenvalue weighted by Crippen LogP contribution is -2.21. The topological polar surface area (TPSA) is 58.7 Å². The average molecular weight is 321 g/mol. The van der Waals surface area contributed by atoms with E-state index in [1.165, 1.54) is 22.7 Å². The van der Waals surface area contributed by atoms with Crippen LogP contribution in [0.2, 0.25) is 0 Å². The molecule has 2 rings (SSSR count). The van der Waals surface area contributed by atoms with E-state index in [2.05, 4.69) is 17.8 Å². The van der Waals surface area contributed by atoms with E-state index in [-0.39, 0.29) is 11.9 Å². The number of rotatable bonds is 2. The molecular formula is C16H20FN3OS. The zero-order chi connectivity index (χ0) is 16.7. The highest BCUT2D eigenvalue weighted by molar-refractivity contribution is 8.14. The third-order valence-electron chi connectivity index (χ3n) is 2.89. The van der Waals surface area contributed by atoms with Crippen LogP contribution in [0.3, 0.4) is 0 Å². The van der Waals surface area contributed by atoms with Crippen LogP contribution in [0.4, 0.5) is 4.39 Å². The van der Waals surface area contributed by atoms with Gasteiger partial charge in [-0.2, -0.15) is 0 Å². The molecule has 1 amide bonds. The molecule has 1 heterocycles. The highest BCUT2D eigenvalue weighted by Crippen LogP contribution is 2.34. The summed E-state index contributed by atoms with van der Waals surface area (Å²) in [6.45, 7) is 2.06. The summed E-state index contributed by atoms with van der Waals surface area (Å²) >= 11 is 1.52. The van der Waals surface area contributed by atoms with E-state index in [1.54, 1.807) is 26.2 Å². The van der Waals surface area contributed by atoms with Crippen molar-refractivity contribution in [3.8, 4) is 12.3 Å². The molecule has 1 aliphatic rings. The Kier molecular flexibility index (Phi) is 6.93. The lowest BCUT2D eigenvalue weighted by molar-refractivity contribution is -0.115. The van der Waals surface area contributed by atoms with Crippen LogP contribution in [0.15, 0.2) is 23.2 Å². The van der Waals surface area contributed by atoms with Crippen molar-refractivity contribution in [2.75, 3.05) is 14.1 Å². The SMILES string of the molecule is C#Cc1ccc(F)c(C2CC(C)SC(N)=N2)c1.CN(C)C=O. The van der Waals surface area contributed by atoms with Crippen molar-refractivity contribution < 1.29 is 9.18 Å². The molecule has 1 aromatic carbocycles. The standard InChI is InChI=1S/C13H13FN2S.C3H7NO/c1-3-9-4-5-11(14)10(7-9)12-6-8(2)17-13(15)16-12;1-4(2)3-5/h1,4-5,7-8,12H,6H2,2H3,(H2,15,16);3H,1-2H3. The second-order valence-electron chi connectivity index (χ2n) is 5.10. The van der Waals surface area contributed by atoms with E-state index in [4.69, 9.17) is 12.2 Å². The molecule has 1 aliphatic heterocycles. The molecule has 0 radical (unpaired) electrons. The van der Waals surface area contributed by atoms with Gasteiger partial charge in [0.05, 0.1) is 6.04 Å². The van der Waals surface area contributed by atoms with Gasteiger partial charge >= 0.3 is 0 Å². The van der Waals surface area contributed by atoms with Gasteiger partial charge in [-0.1, -0.05) is 24.6 Å². The predicted octanol–water partition coefficient (Wildman–Crippen LogP) is 2.39. The first-order valence-corrected chi connectivity index (χ1v) is 7.63. The fraction of sp³-hybridized carbons (Fsp3) is 0.375. The number of hydrogen-bond acceptors (Lipinski definition) is 4. The monoisotopic (exact) mass is 321 g/mol. The van der Waals surface area contributed by atoms with Gasteiger partial charge in [0.15, 0.2) is 5.17 Å². The molecule has 0 saturated heterocycles. The molecule has 0 spiro atoms. The van der Waals surface area contributed by atoms with E-state index < -0.39 is 0 Å². The second kappa shape index (κ2) is 8.44. The molecule has 0 bridgehead atoms. The number of nitrogens with zero attached hydrogens (tertiary/aromatic N) is 2. The fourth-order valence-electron chi connectivity index (χ4n) is 1.89. The Bertz CT molecular complexity index is 596. The summed E-state index contributed by atoms with van der Waals surface area (Å²) in [6.07, 6.45) is 6.84. The van der Waals surface area contributed by atoms with Crippen LogP contribution in [-0.4, -0.2) is 35.8 Å². The Labute approximate surface area is 135 Å². The summed E-state index contributed by atoms with van der Waals surface area (Å²) in [7, 11) is 3.38. The van der Waals surface area contributed by atoms with Crippen molar-refractivity contribution >= 4 is 23.3 Å². The minimum Gasteiger partial charge on any atom is -0.379 e. The molecule has 4 nitrogen and oxygen atoms in total. The first-order chi connectivity index (χ1) is 10.4. The highest BCUT2D eigenvalue weighted by atomic mass is 32.2. The quantitative estimate of drug-likeness (QED) is 0.672. The van der Waals surface area contributed by atoms with E-state index >= 15 is 0 Å². The highest BCUT2D eigenvalue weighted by Gasteiger charge is 2.23. The molecule has 22 heavy (non-hydrogen) atoms. The van der Waals surface area contributed by atoms with Crippen LogP contribution in [0.25, 0.3) is 0 Å². The Balaban J connectivity index is 0.000000422. The molecule has 118 valence electrons. The van der Waals surface area contributed by atoms with Gasteiger partial charge in [-0.15, -0.1) is 6.42 Å². The minimum atomic E-state index is -0.273. The van der Waals surface area contributed by atoms with Crippen LogP contribution < -0.4 is 5.73 Å². The van der Waals surface area contributed by atoms with Crippen LogP contribution in [0.5, 0.6) is 0 Å². The van der Waals surface area contributed by atoms with Gasteiger partial charge in [0.2, 0.25) is 6.41 Å². The molecule has 0 aromatic heterocycles. The van der Waals surface area contributed by atoms with Crippen molar-refractivity contribution in [1.82, 2.24) is 4.90 Å². The number of amides is 1. The number of carbonyl (C=O) groups excluding carboxylic acids is 1. The van der Waals surface area contributed by atoms with Gasteiger partial charge in [-0.25, -0.2) is 4.39 Å². The third-order valence-corrected chi connectivity index (χ3v) is 3.83. The number of terminal acetylenes is 1. The summed E-state index contributed by atoms with van der Waals surface area (Å²) in [4.78, 5) is 15.2. The molecule has 6 heteroatoms. The van der Waals surface area contributed by atoms with Crippen molar-refractivity contribution in [3.05, 3.63) is 35.1 Å². The van der Waals surface area contributed by atoms with E-state index in [9.17, 15) is 9.18 Å². The maximum Gasteiger partial charge on any atom is 0.209 e. The van der Waals surface area contributed by atoms with Gasteiger partial charge in [0, 0.05) is 30.5 Å². The van der Waals surface area contributed by atoms with Gasteiger partial charge < -0.3 is 10.6 Å². The largest absolute Gasteiger partial charge is 0.379 e. The number of halogens is 1.